The number of alkyl halides is 3. The maximum Gasteiger partial charge on any atom is 0.433 e. The second-order valence-electron chi connectivity index (χ2n) is 8.62. The number of nitrogens with zero attached hydrogens (tertiary/aromatic N) is 4. The molecule has 194 valence electrons. The summed E-state index contributed by atoms with van der Waals surface area (Å²) >= 11 is 6.79. The van der Waals surface area contributed by atoms with E-state index < -0.39 is 52.8 Å². The molecular formula is C21H16BClF4N4O5S. The van der Waals surface area contributed by atoms with Crippen molar-refractivity contribution in [1.29, 1.82) is 0 Å². The van der Waals surface area contributed by atoms with Gasteiger partial charge in [0.05, 0.1) is 39.9 Å². The molecule has 0 aliphatic rings. The van der Waals surface area contributed by atoms with Crippen molar-refractivity contribution >= 4 is 35.6 Å². The van der Waals surface area contributed by atoms with Crippen LogP contribution in [0.25, 0.3) is 33.2 Å². The van der Waals surface area contributed by atoms with Gasteiger partial charge in [-0.15, -0.1) is 11.3 Å². The molecule has 0 aliphatic carbocycles. The largest absolute Gasteiger partial charge is 0.493 e. The highest BCUT2D eigenvalue weighted by atomic mass is 35.5. The number of halogens is 5. The Morgan fingerprint density at radius 1 is 1.16 bits per heavy atom. The van der Waals surface area contributed by atoms with Gasteiger partial charge in [-0.1, -0.05) is 22.8 Å². The SMILES string of the molecule is [B]c1sc(-c2c(-c3c(F)cccc3Cl)noc2-c2cnn(C(O)(O)CC(C)(C)O)c2C(F)(F)F)nc1O. The summed E-state index contributed by atoms with van der Waals surface area (Å²) in [4.78, 5) is 3.82. The molecule has 4 rings (SSSR count). The molecule has 0 atom stereocenters. The van der Waals surface area contributed by atoms with Crippen molar-refractivity contribution in [1.82, 2.24) is 19.9 Å². The Morgan fingerprint density at radius 3 is 2.38 bits per heavy atom. The molecule has 0 unspecified atom stereocenters. The highest BCUT2D eigenvalue weighted by Gasteiger charge is 2.47. The van der Waals surface area contributed by atoms with Gasteiger partial charge in [0.2, 0.25) is 5.88 Å². The zero-order valence-electron chi connectivity index (χ0n) is 18.9. The van der Waals surface area contributed by atoms with Crippen molar-refractivity contribution in [2.75, 3.05) is 0 Å². The van der Waals surface area contributed by atoms with Gasteiger partial charge in [-0.3, -0.25) is 0 Å². The number of rotatable bonds is 6. The van der Waals surface area contributed by atoms with Crippen molar-refractivity contribution in [2.24, 2.45) is 0 Å². The van der Waals surface area contributed by atoms with Crippen LogP contribution in [0.3, 0.4) is 0 Å². The first-order valence-corrected chi connectivity index (χ1v) is 11.4. The predicted octanol–water partition coefficient (Wildman–Crippen LogP) is 3.40. The lowest BCUT2D eigenvalue weighted by Gasteiger charge is -2.30. The summed E-state index contributed by atoms with van der Waals surface area (Å²) in [5, 5.41) is 47.6. The van der Waals surface area contributed by atoms with E-state index in [1.165, 1.54) is 12.1 Å². The average Bonchev–Trinajstić information content (AvgIpc) is 3.43. The van der Waals surface area contributed by atoms with Gasteiger partial charge in [0.25, 0.3) is 5.91 Å². The standard InChI is InChI=1S/C21H16BClF4N4O5S/c1-19(2,33)7-20(34,35)31-15(21(25,26)27)8(6-28-31)14-12(18-29-17(32)16(22)37-18)13(30-36-14)11-9(23)4-3-5-10(11)24/h3-6,32-35H,7H2,1-2H3. The van der Waals surface area contributed by atoms with Crippen molar-refractivity contribution < 1.29 is 42.5 Å². The van der Waals surface area contributed by atoms with Crippen LogP contribution in [-0.4, -0.2) is 53.8 Å². The second kappa shape index (κ2) is 9.10. The summed E-state index contributed by atoms with van der Waals surface area (Å²) in [5.74, 6) is -5.47. The molecule has 1 aromatic carbocycles. The molecule has 3 aromatic heterocycles. The first-order chi connectivity index (χ1) is 17.0. The minimum atomic E-state index is -5.24. The van der Waals surface area contributed by atoms with E-state index in [4.69, 9.17) is 24.0 Å². The summed E-state index contributed by atoms with van der Waals surface area (Å²) in [7, 11) is 5.67. The van der Waals surface area contributed by atoms with Gasteiger partial charge in [0.15, 0.2) is 11.5 Å². The van der Waals surface area contributed by atoms with E-state index in [1.807, 2.05) is 0 Å². The Labute approximate surface area is 216 Å². The molecule has 3 heterocycles. The van der Waals surface area contributed by atoms with Crippen LogP contribution < -0.4 is 4.78 Å². The lowest BCUT2D eigenvalue weighted by molar-refractivity contribution is -0.270. The van der Waals surface area contributed by atoms with Crippen molar-refractivity contribution in [3.8, 4) is 39.0 Å². The molecule has 4 aromatic rings. The number of hydrogen-bond acceptors (Lipinski definition) is 9. The number of aliphatic hydroxyl groups is 3. The molecule has 0 bridgehead atoms. The summed E-state index contributed by atoms with van der Waals surface area (Å²) in [6, 6.07) is 3.65. The first-order valence-electron chi connectivity index (χ1n) is 10.2. The molecule has 0 aliphatic heterocycles. The Hall–Kier alpha value is -2.98. The summed E-state index contributed by atoms with van der Waals surface area (Å²) in [6.07, 6.45) is -5.57. The Morgan fingerprint density at radius 2 is 1.84 bits per heavy atom. The van der Waals surface area contributed by atoms with Gasteiger partial charge >= 0.3 is 6.18 Å². The Kier molecular flexibility index (Phi) is 6.65. The predicted molar refractivity (Wildman–Crippen MR) is 125 cm³/mol. The van der Waals surface area contributed by atoms with Crippen molar-refractivity contribution in [3.63, 3.8) is 0 Å². The van der Waals surface area contributed by atoms with Crippen LogP contribution in [0, 0.1) is 5.82 Å². The maximum atomic E-state index is 14.8. The molecule has 16 heteroatoms. The molecule has 0 fully saturated rings. The highest BCUT2D eigenvalue weighted by molar-refractivity contribution is 7.23. The molecule has 4 N–H and O–H groups in total. The van der Waals surface area contributed by atoms with E-state index in [0.29, 0.717) is 17.5 Å². The molecule has 37 heavy (non-hydrogen) atoms. The monoisotopic (exact) mass is 558 g/mol. The van der Waals surface area contributed by atoms with Crippen LogP contribution in [-0.2, 0) is 12.1 Å². The third-order valence-corrected chi connectivity index (χ3v) is 6.24. The molecule has 0 saturated carbocycles. The van der Waals surface area contributed by atoms with Crippen LogP contribution in [0.4, 0.5) is 17.6 Å². The highest BCUT2D eigenvalue weighted by Crippen LogP contribution is 2.47. The van der Waals surface area contributed by atoms with Crippen molar-refractivity contribution in [3.05, 3.63) is 40.9 Å². The van der Waals surface area contributed by atoms with E-state index in [-0.39, 0.29) is 36.3 Å². The maximum absolute atomic E-state index is 14.8. The molecule has 0 saturated heterocycles. The van der Waals surface area contributed by atoms with E-state index in [2.05, 4.69) is 15.2 Å². The van der Waals surface area contributed by atoms with Crippen molar-refractivity contribution in [2.45, 2.75) is 38.0 Å². The Bertz CT molecular complexity index is 1440. The van der Waals surface area contributed by atoms with Gasteiger partial charge in [-0.25, -0.2) is 14.1 Å². The van der Waals surface area contributed by atoms with Crippen LogP contribution >= 0.6 is 22.9 Å². The lowest BCUT2D eigenvalue weighted by Crippen LogP contribution is -2.43. The van der Waals surface area contributed by atoms with Gasteiger partial charge in [0, 0.05) is 4.78 Å². The first kappa shape index (κ1) is 27.1. The zero-order chi connectivity index (χ0) is 27.5. The molecule has 2 radical (unpaired) electrons. The van der Waals surface area contributed by atoms with Gasteiger partial charge in [-0.05, 0) is 26.0 Å². The van der Waals surface area contributed by atoms with Crippen LogP contribution in [0.2, 0.25) is 5.02 Å². The minimum Gasteiger partial charge on any atom is -0.493 e. The third kappa shape index (κ3) is 5.09. The fourth-order valence-electron chi connectivity index (χ4n) is 3.71. The van der Waals surface area contributed by atoms with Crippen LogP contribution in [0.1, 0.15) is 26.0 Å². The zero-order valence-corrected chi connectivity index (χ0v) is 20.5. The topological polar surface area (TPSA) is 138 Å². The third-order valence-electron chi connectivity index (χ3n) is 5.03. The Balaban J connectivity index is 2.04. The average molecular weight is 559 g/mol. The van der Waals surface area contributed by atoms with E-state index >= 15 is 0 Å². The molecule has 9 nitrogen and oxygen atoms in total. The van der Waals surface area contributed by atoms with E-state index in [9.17, 15) is 38.0 Å². The second-order valence-corrected chi connectivity index (χ2v) is 10.1. The normalized spacial score (nSPS) is 12.9. The summed E-state index contributed by atoms with van der Waals surface area (Å²) in [5.41, 5.74) is -5.32. The smallest absolute Gasteiger partial charge is 0.433 e. The van der Waals surface area contributed by atoms with Crippen LogP contribution in [0.15, 0.2) is 28.9 Å². The molecule has 0 spiro atoms. The van der Waals surface area contributed by atoms with Gasteiger partial charge in [0.1, 0.15) is 24.4 Å². The van der Waals surface area contributed by atoms with E-state index in [1.54, 1.807) is 0 Å². The number of benzene rings is 1. The number of aromatic hydroxyl groups is 1. The fourth-order valence-corrected chi connectivity index (χ4v) is 4.73. The van der Waals surface area contributed by atoms with E-state index in [0.717, 1.165) is 19.9 Å². The number of aromatic nitrogens is 4. The minimum absolute atomic E-state index is 0.129. The summed E-state index contributed by atoms with van der Waals surface area (Å²) < 4.78 is 62.5. The number of hydrogen-bond donors (Lipinski definition) is 4. The quantitative estimate of drug-likeness (QED) is 0.161. The van der Waals surface area contributed by atoms with Crippen LogP contribution in [0.5, 0.6) is 5.88 Å². The number of thiazole rings is 1. The lowest BCUT2D eigenvalue weighted by atomic mass is 10.0. The molecular weight excluding hydrogens is 543 g/mol. The summed E-state index contributed by atoms with van der Waals surface area (Å²) in [6.45, 7) is 2.31. The van der Waals surface area contributed by atoms with Gasteiger partial charge in [-0.2, -0.15) is 18.3 Å². The molecule has 0 amide bonds. The fraction of sp³-hybridized carbons (Fsp3) is 0.286. The van der Waals surface area contributed by atoms with Gasteiger partial charge < -0.3 is 24.9 Å².